The van der Waals surface area contributed by atoms with Crippen LogP contribution in [0.25, 0.3) is 23.4 Å². The van der Waals surface area contributed by atoms with E-state index in [9.17, 15) is 9.59 Å². The van der Waals surface area contributed by atoms with E-state index in [-0.39, 0.29) is 5.91 Å². The first-order valence-electron chi connectivity index (χ1n) is 8.26. The molecule has 1 heterocycles. The van der Waals surface area contributed by atoms with Crippen molar-refractivity contribution in [2.45, 2.75) is 13.8 Å². The molecule has 0 N–H and O–H groups in total. The molecule has 0 bridgehead atoms. The summed E-state index contributed by atoms with van der Waals surface area (Å²) in [5.74, 6) is -0.251. The number of rotatable bonds is 4. The maximum absolute atomic E-state index is 11.8. The highest BCUT2D eigenvalue weighted by Gasteiger charge is 2.16. The molecule has 6 heteroatoms. The quantitative estimate of drug-likeness (QED) is 0.474. The van der Waals surface area contributed by atoms with Gasteiger partial charge in [0.15, 0.2) is 0 Å². The Morgan fingerprint density at radius 3 is 2.41 bits per heavy atom. The van der Waals surface area contributed by atoms with Crippen molar-refractivity contribution < 1.29 is 14.3 Å². The molecule has 0 radical (unpaired) electrons. The molecule has 3 rings (SSSR count). The van der Waals surface area contributed by atoms with Gasteiger partial charge in [-0.15, -0.1) is 0 Å². The minimum Gasteiger partial charge on any atom is -0.426 e. The van der Waals surface area contributed by atoms with Crippen molar-refractivity contribution >= 4 is 35.6 Å². The molecule has 0 unspecified atom stereocenters. The van der Waals surface area contributed by atoms with E-state index in [1.165, 1.54) is 18.5 Å². The second-order valence-electron chi connectivity index (χ2n) is 5.87. The van der Waals surface area contributed by atoms with Gasteiger partial charge in [0.05, 0.1) is 0 Å². The van der Waals surface area contributed by atoms with Gasteiger partial charge in [0.1, 0.15) is 11.4 Å². The number of aromatic nitrogens is 2. The predicted octanol–water partition coefficient (Wildman–Crippen LogP) is 4.96. The zero-order valence-corrected chi connectivity index (χ0v) is 15.6. The van der Waals surface area contributed by atoms with Crippen molar-refractivity contribution in [3.63, 3.8) is 0 Å². The minimum atomic E-state index is -0.424. The van der Waals surface area contributed by atoms with E-state index in [1.807, 2.05) is 30.4 Å². The van der Waals surface area contributed by atoms with Crippen LogP contribution in [0.2, 0.25) is 5.02 Å². The van der Waals surface area contributed by atoms with E-state index < -0.39 is 5.97 Å². The summed E-state index contributed by atoms with van der Waals surface area (Å²) in [7, 11) is 0. The Labute approximate surface area is 161 Å². The van der Waals surface area contributed by atoms with Crippen LogP contribution >= 0.6 is 11.6 Å². The van der Waals surface area contributed by atoms with Gasteiger partial charge < -0.3 is 4.74 Å². The summed E-state index contributed by atoms with van der Waals surface area (Å²) in [5, 5.41) is 5.04. The molecule has 0 aliphatic carbocycles. The summed E-state index contributed by atoms with van der Waals surface area (Å²) in [6.07, 6.45) is 5.40. The number of para-hydroxylation sites is 1. The van der Waals surface area contributed by atoms with Crippen LogP contribution in [-0.2, 0) is 4.79 Å². The molecule has 5 nitrogen and oxygen atoms in total. The van der Waals surface area contributed by atoms with Crippen molar-refractivity contribution in [1.29, 1.82) is 0 Å². The predicted molar refractivity (Wildman–Crippen MR) is 106 cm³/mol. The standard InChI is InChI=1S/C21H17ClN2O3/c1-14(25)24-13-17(10-7-16-8-11-18(22)12-9-16)21(23-24)19-5-3-4-6-20(19)27-15(2)26/h3-13H,1-2H3/b10-7+. The number of nitrogens with zero attached hydrogens (tertiary/aromatic N) is 2. The monoisotopic (exact) mass is 380 g/mol. The highest BCUT2D eigenvalue weighted by atomic mass is 35.5. The Hall–Kier alpha value is -3.18. The summed E-state index contributed by atoms with van der Waals surface area (Å²) in [6.45, 7) is 2.77. The summed E-state index contributed by atoms with van der Waals surface area (Å²) in [6, 6.07) is 14.5. The first kappa shape index (κ1) is 18.6. The van der Waals surface area contributed by atoms with Gasteiger partial charge in [0, 0.05) is 36.2 Å². The lowest BCUT2D eigenvalue weighted by Gasteiger charge is -2.07. The third-order valence-electron chi connectivity index (χ3n) is 3.79. The van der Waals surface area contributed by atoms with Gasteiger partial charge in [-0.3, -0.25) is 9.59 Å². The zero-order chi connectivity index (χ0) is 19.4. The van der Waals surface area contributed by atoms with Crippen LogP contribution in [0.3, 0.4) is 0 Å². The Kier molecular flexibility index (Phi) is 5.52. The van der Waals surface area contributed by atoms with Gasteiger partial charge in [-0.05, 0) is 29.8 Å². The topological polar surface area (TPSA) is 61.2 Å². The van der Waals surface area contributed by atoms with Crippen molar-refractivity contribution in [3.8, 4) is 17.0 Å². The molecular weight excluding hydrogens is 364 g/mol. The van der Waals surface area contributed by atoms with Crippen molar-refractivity contribution in [1.82, 2.24) is 9.78 Å². The van der Waals surface area contributed by atoms with Crippen LogP contribution in [0.4, 0.5) is 0 Å². The fourth-order valence-corrected chi connectivity index (χ4v) is 2.67. The average Bonchev–Trinajstić information content (AvgIpc) is 3.06. The molecule has 0 spiro atoms. The van der Waals surface area contributed by atoms with Crippen LogP contribution in [0.5, 0.6) is 5.75 Å². The number of benzene rings is 2. The molecule has 2 aromatic carbocycles. The molecule has 0 fully saturated rings. The SMILES string of the molecule is CC(=O)Oc1ccccc1-c1nn(C(C)=O)cc1/C=C/c1ccc(Cl)cc1. The molecule has 0 aliphatic heterocycles. The molecule has 1 aromatic heterocycles. The Balaban J connectivity index is 2.06. The molecule has 0 amide bonds. The molecule has 27 heavy (non-hydrogen) atoms. The Morgan fingerprint density at radius 2 is 1.74 bits per heavy atom. The smallest absolute Gasteiger partial charge is 0.308 e. The third-order valence-corrected chi connectivity index (χ3v) is 4.04. The first-order chi connectivity index (χ1) is 12.9. The molecule has 0 saturated carbocycles. The second kappa shape index (κ2) is 8.01. The molecule has 136 valence electrons. The van der Waals surface area contributed by atoms with E-state index in [4.69, 9.17) is 16.3 Å². The maximum Gasteiger partial charge on any atom is 0.308 e. The molecule has 3 aromatic rings. The minimum absolute atomic E-state index is 0.215. The Bertz CT molecular complexity index is 1020. The largest absolute Gasteiger partial charge is 0.426 e. The van der Waals surface area contributed by atoms with Gasteiger partial charge in [-0.25, -0.2) is 4.68 Å². The van der Waals surface area contributed by atoms with Crippen LogP contribution in [0.15, 0.2) is 54.7 Å². The molecule has 0 saturated heterocycles. The number of esters is 1. The fourth-order valence-electron chi connectivity index (χ4n) is 2.55. The van der Waals surface area contributed by atoms with Gasteiger partial charge in [-0.2, -0.15) is 5.10 Å². The average molecular weight is 381 g/mol. The van der Waals surface area contributed by atoms with E-state index >= 15 is 0 Å². The summed E-state index contributed by atoms with van der Waals surface area (Å²) < 4.78 is 6.55. The van der Waals surface area contributed by atoms with E-state index in [2.05, 4.69) is 5.10 Å². The number of ether oxygens (including phenoxy) is 1. The van der Waals surface area contributed by atoms with E-state index in [1.54, 1.807) is 36.5 Å². The van der Waals surface area contributed by atoms with Crippen LogP contribution in [0.1, 0.15) is 29.8 Å². The summed E-state index contributed by atoms with van der Waals surface area (Å²) in [4.78, 5) is 23.2. The normalized spacial score (nSPS) is 10.9. The van der Waals surface area contributed by atoms with E-state index in [0.717, 1.165) is 11.1 Å². The number of halogens is 1. The lowest BCUT2D eigenvalue weighted by Crippen LogP contribution is -2.06. The van der Waals surface area contributed by atoms with Gasteiger partial charge in [-0.1, -0.05) is 48.0 Å². The number of hydrogen-bond acceptors (Lipinski definition) is 4. The summed E-state index contributed by atoms with van der Waals surface area (Å²) >= 11 is 5.91. The number of carbonyl (C=O) groups excluding carboxylic acids is 2. The molecule has 0 aliphatic rings. The van der Waals surface area contributed by atoms with Gasteiger partial charge in [0.25, 0.3) is 0 Å². The third kappa shape index (κ3) is 4.51. The van der Waals surface area contributed by atoms with Crippen molar-refractivity contribution in [3.05, 3.63) is 70.9 Å². The van der Waals surface area contributed by atoms with Crippen LogP contribution in [0, 0.1) is 0 Å². The first-order valence-corrected chi connectivity index (χ1v) is 8.64. The van der Waals surface area contributed by atoms with Crippen molar-refractivity contribution in [2.24, 2.45) is 0 Å². The lowest BCUT2D eigenvalue weighted by molar-refractivity contribution is -0.131. The maximum atomic E-state index is 11.8. The fraction of sp³-hybridized carbons (Fsp3) is 0.0952. The van der Waals surface area contributed by atoms with E-state index in [0.29, 0.717) is 22.0 Å². The highest BCUT2D eigenvalue weighted by molar-refractivity contribution is 6.30. The van der Waals surface area contributed by atoms with Gasteiger partial charge >= 0.3 is 5.97 Å². The van der Waals surface area contributed by atoms with Crippen LogP contribution in [-0.4, -0.2) is 21.7 Å². The Morgan fingerprint density at radius 1 is 1.04 bits per heavy atom. The van der Waals surface area contributed by atoms with Crippen LogP contribution < -0.4 is 4.74 Å². The molecular formula is C21H17ClN2O3. The zero-order valence-electron chi connectivity index (χ0n) is 14.8. The summed E-state index contributed by atoms with van der Waals surface area (Å²) in [5.41, 5.74) is 2.85. The lowest BCUT2D eigenvalue weighted by atomic mass is 10.1. The van der Waals surface area contributed by atoms with Crippen molar-refractivity contribution in [2.75, 3.05) is 0 Å². The number of carbonyl (C=O) groups is 2. The molecule has 0 atom stereocenters. The second-order valence-corrected chi connectivity index (χ2v) is 6.31. The van der Waals surface area contributed by atoms with Gasteiger partial charge in [0.2, 0.25) is 5.91 Å². The highest BCUT2D eigenvalue weighted by Crippen LogP contribution is 2.32. The number of hydrogen-bond donors (Lipinski definition) is 0.